The SMILES string of the molecule is CC(C)NC(=O)CNC(=O)C1(C)CCCN1. The summed E-state index contributed by atoms with van der Waals surface area (Å²) in [7, 11) is 0. The monoisotopic (exact) mass is 227 g/mol. The average Bonchev–Trinajstić information content (AvgIpc) is 2.62. The molecule has 3 N–H and O–H groups in total. The Balaban J connectivity index is 2.32. The van der Waals surface area contributed by atoms with Gasteiger partial charge in [0.05, 0.1) is 12.1 Å². The van der Waals surface area contributed by atoms with E-state index in [1.807, 2.05) is 20.8 Å². The van der Waals surface area contributed by atoms with Gasteiger partial charge in [-0.25, -0.2) is 0 Å². The fourth-order valence-corrected chi connectivity index (χ4v) is 1.82. The number of hydrogen-bond acceptors (Lipinski definition) is 3. The lowest BCUT2D eigenvalue weighted by atomic mass is 9.99. The fourth-order valence-electron chi connectivity index (χ4n) is 1.82. The van der Waals surface area contributed by atoms with Crippen LogP contribution < -0.4 is 16.0 Å². The first kappa shape index (κ1) is 13.0. The van der Waals surface area contributed by atoms with Gasteiger partial charge in [-0.3, -0.25) is 9.59 Å². The minimum absolute atomic E-state index is 0.0499. The average molecular weight is 227 g/mol. The summed E-state index contributed by atoms with van der Waals surface area (Å²) in [5.74, 6) is -0.242. The van der Waals surface area contributed by atoms with E-state index in [1.165, 1.54) is 0 Å². The standard InChI is InChI=1S/C11H21N3O2/c1-8(2)14-9(15)7-12-10(16)11(3)5-4-6-13-11/h8,13H,4-7H2,1-3H3,(H,12,16)(H,14,15). The number of nitrogens with one attached hydrogen (secondary N) is 3. The van der Waals surface area contributed by atoms with Gasteiger partial charge in [0, 0.05) is 6.04 Å². The van der Waals surface area contributed by atoms with E-state index in [4.69, 9.17) is 0 Å². The Bertz CT molecular complexity index is 270. The summed E-state index contributed by atoms with van der Waals surface area (Å²) in [5, 5.41) is 8.54. The van der Waals surface area contributed by atoms with E-state index in [2.05, 4.69) is 16.0 Å². The van der Waals surface area contributed by atoms with Gasteiger partial charge in [0.25, 0.3) is 0 Å². The predicted molar refractivity (Wildman–Crippen MR) is 61.9 cm³/mol. The quantitative estimate of drug-likeness (QED) is 0.621. The van der Waals surface area contributed by atoms with Crippen LogP contribution in [0.1, 0.15) is 33.6 Å². The lowest BCUT2D eigenvalue weighted by Gasteiger charge is -2.22. The van der Waals surface area contributed by atoms with Crippen molar-refractivity contribution in [3.05, 3.63) is 0 Å². The number of rotatable bonds is 4. The van der Waals surface area contributed by atoms with Gasteiger partial charge in [-0.2, -0.15) is 0 Å². The molecule has 0 aromatic heterocycles. The van der Waals surface area contributed by atoms with Gasteiger partial charge in [0.1, 0.15) is 0 Å². The zero-order valence-corrected chi connectivity index (χ0v) is 10.2. The summed E-state index contributed by atoms with van der Waals surface area (Å²) in [6.07, 6.45) is 1.83. The molecule has 0 spiro atoms. The zero-order chi connectivity index (χ0) is 12.2. The van der Waals surface area contributed by atoms with Gasteiger partial charge in [-0.1, -0.05) is 0 Å². The molecule has 1 unspecified atom stereocenters. The van der Waals surface area contributed by atoms with Gasteiger partial charge in [0.15, 0.2) is 0 Å². The largest absolute Gasteiger partial charge is 0.352 e. The van der Waals surface area contributed by atoms with E-state index in [0.717, 1.165) is 19.4 Å². The second-order valence-electron chi connectivity index (χ2n) is 4.77. The molecule has 0 saturated carbocycles. The lowest BCUT2D eigenvalue weighted by molar-refractivity contribution is -0.129. The molecule has 5 heteroatoms. The fraction of sp³-hybridized carbons (Fsp3) is 0.818. The van der Waals surface area contributed by atoms with Crippen molar-refractivity contribution in [1.82, 2.24) is 16.0 Å². The maximum atomic E-state index is 11.8. The molecule has 0 aliphatic carbocycles. The Kier molecular flexibility index (Phi) is 4.29. The highest BCUT2D eigenvalue weighted by Crippen LogP contribution is 2.17. The maximum Gasteiger partial charge on any atom is 0.240 e. The highest BCUT2D eigenvalue weighted by Gasteiger charge is 2.35. The van der Waals surface area contributed by atoms with Crippen molar-refractivity contribution in [1.29, 1.82) is 0 Å². The van der Waals surface area contributed by atoms with E-state index < -0.39 is 5.54 Å². The van der Waals surface area contributed by atoms with Crippen molar-refractivity contribution in [3.8, 4) is 0 Å². The van der Waals surface area contributed by atoms with Crippen molar-refractivity contribution >= 4 is 11.8 Å². The van der Waals surface area contributed by atoms with Gasteiger partial charge >= 0.3 is 0 Å². The van der Waals surface area contributed by atoms with Crippen LogP contribution in [-0.4, -0.2) is 36.5 Å². The molecule has 0 bridgehead atoms. The van der Waals surface area contributed by atoms with Crippen LogP contribution in [0, 0.1) is 0 Å². The maximum absolute atomic E-state index is 11.8. The molecule has 92 valence electrons. The van der Waals surface area contributed by atoms with Crippen molar-refractivity contribution < 1.29 is 9.59 Å². The molecule has 1 heterocycles. The normalized spacial score (nSPS) is 24.5. The summed E-state index contributed by atoms with van der Waals surface area (Å²) in [6, 6.07) is 0.101. The third-order valence-corrected chi connectivity index (χ3v) is 2.73. The Morgan fingerprint density at radius 3 is 2.62 bits per heavy atom. The number of carbonyl (C=O) groups excluding carboxylic acids is 2. The van der Waals surface area contributed by atoms with E-state index in [-0.39, 0.29) is 24.4 Å². The molecule has 16 heavy (non-hydrogen) atoms. The summed E-state index contributed by atoms with van der Waals surface area (Å²) in [4.78, 5) is 23.1. The number of hydrogen-bond donors (Lipinski definition) is 3. The van der Waals surface area contributed by atoms with Crippen molar-refractivity contribution in [2.24, 2.45) is 0 Å². The summed E-state index contributed by atoms with van der Waals surface area (Å²) in [5.41, 5.74) is -0.502. The molecule has 5 nitrogen and oxygen atoms in total. The Morgan fingerprint density at radius 1 is 1.44 bits per heavy atom. The molecular formula is C11H21N3O2. The van der Waals surface area contributed by atoms with Crippen molar-refractivity contribution in [2.75, 3.05) is 13.1 Å². The Labute approximate surface area is 96.4 Å². The first-order valence-electron chi connectivity index (χ1n) is 5.77. The molecule has 1 aliphatic rings. The van der Waals surface area contributed by atoms with Crippen LogP contribution in [0.2, 0.25) is 0 Å². The topological polar surface area (TPSA) is 70.2 Å². The molecule has 0 aromatic carbocycles. The van der Waals surface area contributed by atoms with Crippen molar-refractivity contribution in [3.63, 3.8) is 0 Å². The Morgan fingerprint density at radius 2 is 2.12 bits per heavy atom. The molecule has 1 aliphatic heterocycles. The predicted octanol–water partition coefficient (Wildman–Crippen LogP) is -0.231. The molecule has 1 saturated heterocycles. The van der Waals surface area contributed by atoms with Crippen LogP contribution in [0.15, 0.2) is 0 Å². The van der Waals surface area contributed by atoms with E-state index in [9.17, 15) is 9.59 Å². The molecule has 2 amide bonds. The van der Waals surface area contributed by atoms with Crippen LogP contribution in [-0.2, 0) is 9.59 Å². The van der Waals surface area contributed by atoms with Crippen LogP contribution in [0.25, 0.3) is 0 Å². The van der Waals surface area contributed by atoms with Crippen molar-refractivity contribution in [2.45, 2.75) is 45.2 Å². The third kappa shape index (κ3) is 3.48. The van der Waals surface area contributed by atoms with E-state index >= 15 is 0 Å². The minimum atomic E-state index is -0.502. The van der Waals surface area contributed by atoms with Crippen LogP contribution in [0.3, 0.4) is 0 Å². The number of carbonyl (C=O) groups is 2. The molecule has 0 radical (unpaired) electrons. The van der Waals surface area contributed by atoms with Gasteiger partial charge in [0.2, 0.25) is 11.8 Å². The third-order valence-electron chi connectivity index (χ3n) is 2.73. The van der Waals surface area contributed by atoms with E-state index in [1.54, 1.807) is 0 Å². The zero-order valence-electron chi connectivity index (χ0n) is 10.2. The van der Waals surface area contributed by atoms with Crippen LogP contribution in [0.4, 0.5) is 0 Å². The second-order valence-corrected chi connectivity index (χ2v) is 4.77. The van der Waals surface area contributed by atoms with Gasteiger partial charge in [-0.05, 0) is 40.2 Å². The van der Waals surface area contributed by atoms with Crippen LogP contribution >= 0.6 is 0 Å². The number of amides is 2. The molecule has 0 aromatic rings. The molecule has 1 fully saturated rings. The first-order chi connectivity index (χ1) is 7.44. The summed E-state index contributed by atoms with van der Waals surface area (Å²) in [6.45, 7) is 6.56. The highest BCUT2D eigenvalue weighted by atomic mass is 16.2. The minimum Gasteiger partial charge on any atom is -0.352 e. The van der Waals surface area contributed by atoms with E-state index in [0.29, 0.717) is 0 Å². The molecule has 1 atom stereocenters. The van der Waals surface area contributed by atoms with Gasteiger partial charge in [-0.15, -0.1) is 0 Å². The summed E-state index contributed by atoms with van der Waals surface area (Å²) < 4.78 is 0. The second kappa shape index (κ2) is 5.30. The van der Waals surface area contributed by atoms with Gasteiger partial charge < -0.3 is 16.0 Å². The molecular weight excluding hydrogens is 206 g/mol. The smallest absolute Gasteiger partial charge is 0.240 e. The first-order valence-corrected chi connectivity index (χ1v) is 5.77. The molecule has 1 rings (SSSR count). The summed E-state index contributed by atoms with van der Waals surface area (Å²) >= 11 is 0. The highest BCUT2D eigenvalue weighted by molar-refractivity contribution is 5.90. The lowest BCUT2D eigenvalue weighted by Crippen LogP contribution is -2.53. The Hall–Kier alpha value is -1.10. The van der Waals surface area contributed by atoms with Crippen LogP contribution in [0.5, 0.6) is 0 Å².